The van der Waals surface area contributed by atoms with Crippen LogP contribution < -0.4 is 5.14 Å². The Morgan fingerprint density at radius 2 is 1.66 bits per heavy atom. The Labute approximate surface area is 167 Å². The fourth-order valence-electron chi connectivity index (χ4n) is 3.10. The van der Waals surface area contributed by atoms with Gasteiger partial charge in [-0.1, -0.05) is 35.9 Å². The number of aromatic amines is 1. The van der Waals surface area contributed by atoms with E-state index in [2.05, 4.69) is 25.6 Å². The van der Waals surface area contributed by atoms with Crippen molar-refractivity contribution in [3.63, 3.8) is 0 Å². The lowest BCUT2D eigenvalue weighted by Crippen LogP contribution is -2.14. The molecule has 4 rings (SSSR count). The summed E-state index contributed by atoms with van der Waals surface area (Å²) >= 11 is 0. The smallest absolute Gasteiger partial charge is 0.238 e. The van der Waals surface area contributed by atoms with E-state index in [1.807, 2.05) is 56.3 Å². The lowest BCUT2D eigenvalue weighted by atomic mass is 9.94. The van der Waals surface area contributed by atoms with Crippen molar-refractivity contribution >= 4 is 10.0 Å². The SMILES string of the molecule is Cc1ccc(-c2cc(-c3ccc(C)nc3)cc(S(N)(=O)=O)c2-c2nn[nH]n2)cc1. The molecular weight excluding hydrogens is 388 g/mol. The van der Waals surface area contributed by atoms with Crippen molar-refractivity contribution in [2.75, 3.05) is 0 Å². The number of aromatic nitrogens is 5. The maximum absolute atomic E-state index is 12.5. The van der Waals surface area contributed by atoms with Crippen molar-refractivity contribution in [2.24, 2.45) is 5.14 Å². The first-order valence-electron chi connectivity index (χ1n) is 8.77. The number of nitrogens with one attached hydrogen (secondary N) is 1. The van der Waals surface area contributed by atoms with E-state index < -0.39 is 10.0 Å². The van der Waals surface area contributed by atoms with E-state index in [9.17, 15) is 8.42 Å². The van der Waals surface area contributed by atoms with Crippen LogP contribution in [0.5, 0.6) is 0 Å². The Hall–Kier alpha value is -3.43. The van der Waals surface area contributed by atoms with Crippen LogP contribution >= 0.6 is 0 Å². The lowest BCUT2D eigenvalue weighted by molar-refractivity contribution is 0.598. The van der Waals surface area contributed by atoms with Gasteiger partial charge < -0.3 is 0 Å². The highest BCUT2D eigenvalue weighted by Crippen LogP contribution is 2.38. The number of rotatable bonds is 4. The fraction of sp³-hybridized carbons (Fsp3) is 0.100. The standard InChI is InChI=1S/C20H18N6O2S/c1-12-3-6-14(7-4-12)17-9-16(15-8-5-13(2)22-11-15)10-18(29(21,27)28)19(17)20-23-25-26-24-20/h3-11H,1-2H3,(H2,21,27,28)(H,23,24,25,26). The maximum Gasteiger partial charge on any atom is 0.238 e. The molecule has 0 saturated carbocycles. The Balaban J connectivity index is 2.08. The zero-order valence-electron chi connectivity index (χ0n) is 15.8. The molecule has 0 bridgehead atoms. The van der Waals surface area contributed by atoms with E-state index >= 15 is 0 Å². The number of H-pyrrole nitrogens is 1. The number of nitrogens with two attached hydrogens (primary N) is 1. The van der Waals surface area contributed by atoms with Crippen LogP contribution in [-0.2, 0) is 10.0 Å². The van der Waals surface area contributed by atoms with Gasteiger partial charge in [0.15, 0.2) is 0 Å². The summed E-state index contributed by atoms with van der Waals surface area (Å²) in [5.41, 5.74) is 5.13. The molecular formula is C20H18N6O2S. The number of hydrogen-bond donors (Lipinski definition) is 2. The van der Waals surface area contributed by atoms with Crippen LogP contribution in [0.3, 0.4) is 0 Å². The van der Waals surface area contributed by atoms with Gasteiger partial charge in [0.25, 0.3) is 0 Å². The second-order valence-corrected chi connectivity index (χ2v) is 8.26. The molecule has 9 heteroatoms. The van der Waals surface area contributed by atoms with E-state index in [1.165, 1.54) is 6.07 Å². The van der Waals surface area contributed by atoms with Crippen molar-refractivity contribution in [2.45, 2.75) is 18.7 Å². The van der Waals surface area contributed by atoms with E-state index in [0.717, 1.165) is 22.4 Å². The Morgan fingerprint density at radius 3 is 2.24 bits per heavy atom. The summed E-state index contributed by atoms with van der Waals surface area (Å²) < 4.78 is 25.0. The Morgan fingerprint density at radius 1 is 0.931 bits per heavy atom. The van der Waals surface area contributed by atoms with Crippen LogP contribution in [0.1, 0.15) is 11.3 Å². The second kappa shape index (κ2) is 7.19. The van der Waals surface area contributed by atoms with E-state index in [0.29, 0.717) is 16.7 Å². The molecule has 0 unspecified atom stereocenters. The molecule has 0 radical (unpaired) electrons. The summed E-state index contributed by atoms with van der Waals surface area (Å²) in [7, 11) is -4.08. The van der Waals surface area contributed by atoms with Gasteiger partial charge in [0.1, 0.15) is 0 Å². The zero-order chi connectivity index (χ0) is 20.6. The number of hydrogen-bond acceptors (Lipinski definition) is 6. The molecule has 0 fully saturated rings. The van der Waals surface area contributed by atoms with Crippen molar-refractivity contribution in [3.8, 4) is 33.6 Å². The number of sulfonamides is 1. The van der Waals surface area contributed by atoms with Gasteiger partial charge >= 0.3 is 0 Å². The molecule has 2 aromatic heterocycles. The third kappa shape index (κ3) is 3.78. The molecule has 0 aliphatic rings. The third-order valence-corrected chi connectivity index (χ3v) is 5.52. The zero-order valence-corrected chi connectivity index (χ0v) is 16.6. The molecule has 4 aromatic rings. The second-order valence-electron chi connectivity index (χ2n) is 6.73. The van der Waals surface area contributed by atoms with Crippen LogP contribution in [0.15, 0.2) is 59.6 Å². The highest BCUT2D eigenvalue weighted by atomic mass is 32.2. The molecule has 2 heterocycles. The predicted octanol–water partition coefficient (Wildman–Crippen LogP) is 2.86. The molecule has 0 atom stereocenters. The minimum Gasteiger partial charge on any atom is -0.261 e. The quantitative estimate of drug-likeness (QED) is 0.536. The highest BCUT2D eigenvalue weighted by Gasteiger charge is 2.24. The van der Waals surface area contributed by atoms with Crippen LogP contribution in [0.4, 0.5) is 0 Å². The van der Waals surface area contributed by atoms with Gasteiger partial charge in [0, 0.05) is 17.5 Å². The Bertz CT molecular complexity index is 1270. The normalized spacial score (nSPS) is 11.6. The van der Waals surface area contributed by atoms with Crippen molar-refractivity contribution in [1.29, 1.82) is 0 Å². The first kappa shape index (κ1) is 18.9. The summed E-state index contributed by atoms with van der Waals surface area (Å²) in [6.07, 6.45) is 1.70. The number of benzene rings is 2. The summed E-state index contributed by atoms with van der Waals surface area (Å²) in [5, 5.41) is 19.5. The van der Waals surface area contributed by atoms with Gasteiger partial charge in [0.2, 0.25) is 15.8 Å². The van der Waals surface area contributed by atoms with E-state index in [-0.39, 0.29) is 10.7 Å². The number of primary sulfonamides is 1. The molecule has 146 valence electrons. The van der Waals surface area contributed by atoms with Crippen LogP contribution in [0.2, 0.25) is 0 Å². The topological polar surface area (TPSA) is 128 Å². The van der Waals surface area contributed by atoms with E-state index in [4.69, 9.17) is 5.14 Å². The first-order chi connectivity index (χ1) is 13.8. The molecule has 2 aromatic carbocycles. The number of nitrogens with zero attached hydrogens (tertiary/aromatic N) is 4. The van der Waals surface area contributed by atoms with Crippen LogP contribution in [-0.4, -0.2) is 34.0 Å². The largest absolute Gasteiger partial charge is 0.261 e. The van der Waals surface area contributed by atoms with E-state index in [1.54, 1.807) is 6.20 Å². The molecule has 0 aliphatic carbocycles. The van der Waals surface area contributed by atoms with Gasteiger partial charge in [0.05, 0.1) is 10.5 Å². The van der Waals surface area contributed by atoms with Gasteiger partial charge in [-0.3, -0.25) is 4.98 Å². The van der Waals surface area contributed by atoms with Crippen molar-refractivity contribution in [3.05, 3.63) is 66.0 Å². The lowest BCUT2D eigenvalue weighted by Gasteiger charge is -2.15. The average Bonchev–Trinajstić information content (AvgIpc) is 3.22. The summed E-state index contributed by atoms with van der Waals surface area (Å²) in [6, 6.07) is 14.9. The summed E-state index contributed by atoms with van der Waals surface area (Å²) in [4.78, 5) is 4.24. The first-order valence-corrected chi connectivity index (χ1v) is 10.3. The monoisotopic (exact) mass is 406 g/mol. The highest BCUT2D eigenvalue weighted by molar-refractivity contribution is 7.89. The minimum absolute atomic E-state index is 0.0763. The summed E-state index contributed by atoms with van der Waals surface area (Å²) in [6.45, 7) is 3.87. The Kier molecular flexibility index (Phi) is 4.69. The molecule has 0 amide bonds. The van der Waals surface area contributed by atoms with Gasteiger partial charge in [-0.15, -0.1) is 10.2 Å². The molecule has 0 saturated heterocycles. The fourth-order valence-corrected chi connectivity index (χ4v) is 3.88. The van der Waals surface area contributed by atoms with Gasteiger partial charge in [-0.05, 0) is 54.0 Å². The predicted molar refractivity (Wildman–Crippen MR) is 109 cm³/mol. The molecule has 0 aliphatic heterocycles. The number of pyridine rings is 1. The summed E-state index contributed by atoms with van der Waals surface area (Å²) in [5.74, 6) is 0.151. The van der Waals surface area contributed by atoms with Crippen molar-refractivity contribution < 1.29 is 8.42 Å². The van der Waals surface area contributed by atoms with Crippen LogP contribution in [0.25, 0.3) is 33.6 Å². The molecule has 8 nitrogen and oxygen atoms in total. The van der Waals surface area contributed by atoms with Crippen LogP contribution in [0, 0.1) is 13.8 Å². The average molecular weight is 406 g/mol. The number of aryl methyl sites for hydroxylation is 2. The molecule has 3 N–H and O–H groups in total. The van der Waals surface area contributed by atoms with Crippen molar-refractivity contribution in [1.82, 2.24) is 25.6 Å². The molecule has 0 spiro atoms. The number of tetrazole rings is 1. The minimum atomic E-state index is -4.08. The maximum atomic E-state index is 12.5. The molecule has 29 heavy (non-hydrogen) atoms. The van der Waals surface area contributed by atoms with Gasteiger partial charge in [-0.25, -0.2) is 13.6 Å². The van der Waals surface area contributed by atoms with Gasteiger partial charge in [-0.2, -0.15) is 5.21 Å². The third-order valence-electron chi connectivity index (χ3n) is 4.58.